The molecule has 0 saturated carbocycles. The molecule has 1 aliphatic heterocycles. The van der Waals surface area contributed by atoms with Gasteiger partial charge in [0.15, 0.2) is 0 Å². The van der Waals surface area contributed by atoms with Crippen LogP contribution in [0, 0.1) is 26.7 Å². The Balaban J connectivity index is 1.80. The van der Waals surface area contributed by atoms with Gasteiger partial charge in [-0.3, -0.25) is 4.79 Å². The zero-order chi connectivity index (χ0) is 25.2. The number of carbonyl (C=O) groups is 2. The number of thioether (sulfide) groups is 1. The molecule has 0 radical (unpaired) electrons. The molecule has 0 spiro atoms. The van der Waals surface area contributed by atoms with E-state index in [9.17, 15) is 22.8 Å². The number of ether oxygens (including phenoxy) is 2. The average molecular weight is 493 g/mol. The van der Waals surface area contributed by atoms with E-state index in [1.54, 1.807) is 0 Å². The summed E-state index contributed by atoms with van der Waals surface area (Å²) in [5, 5.41) is 0. The van der Waals surface area contributed by atoms with Crippen molar-refractivity contribution in [2.75, 3.05) is 5.75 Å². The van der Waals surface area contributed by atoms with Crippen molar-refractivity contribution in [3.63, 3.8) is 0 Å². The highest BCUT2D eigenvalue weighted by Crippen LogP contribution is 2.37. The van der Waals surface area contributed by atoms with Crippen LogP contribution in [-0.2, 0) is 25.2 Å². The molecule has 8 heteroatoms. The second-order valence-corrected chi connectivity index (χ2v) is 9.72. The highest BCUT2D eigenvalue weighted by molar-refractivity contribution is 7.99. The van der Waals surface area contributed by atoms with E-state index in [2.05, 4.69) is 0 Å². The molecule has 2 atom stereocenters. The number of benzene rings is 2. The van der Waals surface area contributed by atoms with E-state index >= 15 is 0 Å². The Morgan fingerprint density at radius 3 is 2.26 bits per heavy atom. The lowest BCUT2D eigenvalue weighted by atomic mass is 9.89. The van der Waals surface area contributed by atoms with Crippen LogP contribution in [0.15, 0.2) is 47.1 Å². The highest BCUT2D eigenvalue weighted by Gasteiger charge is 2.36. The predicted molar refractivity (Wildman–Crippen MR) is 125 cm³/mol. The van der Waals surface area contributed by atoms with Crippen molar-refractivity contribution in [2.24, 2.45) is 5.92 Å². The van der Waals surface area contributed by atoms with Crippen LogP contribution in [-0.4, -0.2) is 23.8 Å². The van der Waals surface area contributed by atoms with Crippen molar-refractivity contribution in [3.8, 4) is 0 Å². The average Bonchev–Trinajstić information content (AvgIpc) is 2.72. The zero-order valence-electron chi connectivity index (χ0n) is 19.7. The van der Waals surface area contributed by atoms with Crippen LogP contribution in [0.4, 0.5) is 13.2 Å². The third-order valence-electron chi connectivity index (χ3n) is 5.65. The summed E-state index contributed by atoms with van der Waals surface area (Å²) in [7, 11) is 0. The van der Waals surface area contributed by atoms with E-state index in [1.165, 1.54) is 30.8 Å². The van der Waals surface area contributed by atoms with E-state index in [4.69, 9.17) is 9.47 Å². The molecule has 0 amide bonds. The van der Waals surface area contributed by atoms with E-state index in [-0.39, 0.29) is 23.7 Å². The van der Waals surface area contributed by atoms with Gasteiger partial charge in [-0.05, 0) is 61.7 Å². The van der Waals surface area contributed by atoms with Gasteiger partial charge in [0.05, 0.1) is 5.56 Å². The normalized spacial score (nSPS) is 17.4. The maximum atomic E-state index is 13.1. The number of cyclic esters (lactones) is 1. The van der Waals surface area contributed by atoms with Crippen molar-refractivity contribution >= 4 is 29.3 Å². The summed E-state index contributed by atoms with van der Waals surface area (Å²) in [6.07, 6.45) is -4.67. The van der Waals surface area contributed by atoms with Gasteiger partial charge in [0.1, 0.15) is 17.4 Å². The van der Waals surface area contributed by atoms with Gasteiger partial charge in [0.2, 0.25) is 0 Å². The molecule has 182 valence electrons. The zero-order valence-corrected chi connectivity index (χ0v) is 20.5. The molecule has 34 heavy (non-hydrogen) atoms. The Hall–Kier alpha value is -2.74. The Morgan fingerprint density at radius 2 is 1.74 bits per heavy atom. The molecule has 0 aliphatic carbocycles. The van der Waals surface area contributed by atoms with Crippen molar-refractivity contribution in [3.05, 3.63) is 70.0 Å². The van der Waals surface area contributed by atoms with Crippen molar-refractivity contribution < 1.29 is 32.2 Å². The maximum absolute atomic E-state index is 13.1. The number of carbonyl (C=O) groups excluding carboxylic acids is 2. The lowest BCUT2D eigenvalue weighted by Crippen LogP contribution is -2.33. The van der Waals surface area contributed by atoms with Crippen molar-refractivity contribution in [1.82, 2.24) is 0 Å². The van der Waals surface area contributed by atoms with Crippen molar-refractivity contribution in [1.29, 1.82) is 0 Å². The fraction of sp³-hybridized carbons (Fsp3) is 0.385. The summed E-state index contributed by atoms with van der Waals surface area (Å²) < 4.78 is 49.6. The van der Waals surface area contributed by atoms with Gasteiger partial charge in [0, 0.05) is 29.9 Å². The van der Waals surface area contributed by atoms with E-state index in [0.717, 1.165) is 28.8 Å². The molecule has 1 heterocycles. The third-order valence-corrected chi connectivity index (χ3v) is 6.95. The quantitative estimate of drug-likeness (QED) is 0.334. The molecule has 2 aromatic rings. The van der Waals surface area contributed by atoms with E-state index in [0.29, 0.717) is 16.2 Å². The number of halogens is 3. The van der Waals surface area contributed by atoms with Gasteiger partial charge in [-0.15, -0.1) is 11.8 Å². The monoisotopic (exact) mass is 492 g/mol. The van der Waals surface area contributed by atoms with E-state index in [1.807, 2.05) is 39.8 Å². The molecular formula is C26H27F3O4S. The Kier molecular flexibility index (Phi) is 7.81. The maximum Gasteiger partial charge on any atom is 0.416 e. The number of alkyl halides is 3. The van der Waals surface area contributed by atoms with Crippen LogP contribution in [0.5, 0.6) is 0 Å². The fourth-order valence-electron chi connectivity index (χ4n) is 4.11. The first-order chi connectivity index (χ1) is 15.9. The summed E-state index contributed by atoms with van der Waals surface area (Å²) in [6, 6.07) is 8.88. The largest absolute Gasteiger partial charge is 0.458 e. The SMILES string of the molecule is CC(=O)OC1=C(c2c(C)cc(C)cc2C)C(=O)OC(C(C)CSc2ccc(C(F)(F)F)cc2)C1. The molecule has 3 rings (SSSR count). The first-order valence-electron chi connectivity index (χ1n) is 10.9. The lowest BCUT2D eigenvalue weighted by Gasteiger charge is -2.31. The molecule has 2 unspecified atom stereocenters. The standard InChI is InChI=1S/C26H27F3O4S/c1-14-10-15(2)23(16(3)11-14)24-22(32-18(5)30)12-21(33-25(24)31)17(4)13-34-20-8-6-19(7-9-20)26(27,28)29/h6-11,17,21H,12-13H2,1-5H3. The van der Waals surface area contributed by atoms with Gasteiger partial charge in [-0.2, -0.15) is 13.2 Å². The highest BCUT2D eigenvalue weighted by atomic mass is 32.2. The lowest BCUT2D eigenvalue weighted by molar-refractivity contribution is -0.147. The predicted octanol–water partition coefficient (Wildman–Crippen LogP) is 6.65. The molecular weight excluding hydrogens is 465 g/mol. The van der Waals surface area contributed by atoms with Gasteiger partial charge >= 0.3 is 18.1 Å². The minimum Gasteiger partial charge on any atom is -0.458 e. The van der Waals surface area contributed by atoms with Gasteiger partial charge in [-0.25, -0.2) is 4.79 Å². The van der Waals surface area contributed by atoms with Crippen LogP contribution in [0.3, 0.4) is 0 Å². The summed E-state index contributed by atoms with van der Waals surface area (Å²) in [4.78, 5) is 25.6. The Bertz CT molecular complexity index is 1100. The summed E-state index contributed by atoms with van der Waals surface area (Å²) in [6.45, 7) is 8.95. The van der Waals surface area contributed by atoms with Gasteiger partial charge < -0.3 is 9.47 Å². The smallest absolute Gasteiger partial charge is 0.416 e. The number of rotatable bonds is 6. The number of hydrogen-bond donors (Lipinski definition) is 0. The van der Waals surface area contributed by atoms with Crippen molar-refractivity contribution in [2.45, 2.75) is 58.2 Å². The summed E-state index contributed by atoms with van der Waals surface area (Å²) in [5.74, 6) is -0.406. The van der Waals surface area contributed by atoms with E-state index < -0.39 is 29.8 Å². The molecule has 0 N–H and O–H groups in total. The first-order valence-corrected chi connectivity index (χ1v) is 11.9. The summed E-state index contributed by atoms with van der Waals surface area (Å²) in [5.41, 5.74) is 3.11. The number of esters is 2. The van der Waals surface area contributed by atoms with Crippen LogP contribution >= 0.6 is 11.8 Å². The topological polar surface area (TPSA) is 52.6 Å². The van der Waals surface area contributed by atoms with Crippen LogP contribution < -0.4 is 0 Å². The molecule has 4 nitrogen and oxygen atoms in total. The minimum absolute atomic E-state index is 0.136. The van der Waals surface area contributed by atoms with Crippen LogP contribution in [0.1, 0.15) is 48.1 Å². The van der Waals surface area contributed by atoms with Gasteiger partial charge in [0.25, 0.3) is 0 Å². The number of aryl methyl sites for hydroxylation is 3. The number of hydrogen-bond acceptors (Lipinski definition) is 5. The second kappa shape index (κ2) is 10.3. The molecule has 0 aromatic heterocycles. The third kappa shape index (κ3) is 6.03. The molecule has 2 aromatic carbocycles. The first kappa shape index (κ1) is 25.9. The summed E-state index contributed by atoms with van der Waals surface area (Å²) >= 11 is 1.38. The molecule has 1 aliphatic rings. The fourth-order valence-corrected chi connectivity index (χ4v) is 5.11. The Morgan fingerprint density at radius 1 is 1.15 bits per heavy atom. The van der Waals surface area contributed by atoms with Crippen LogP contribution in [0.2, 0.25) is 0 Å². The molecule has 0 bridgehead atoms. The Labute approximate surface area is 201 Å². The van der Waals surface area contributed by atoms with Gasteiger partial charge in [-0.1, -0.05) is 24.6 Å². The molecule has 0 saturated heterocycles. The minimum atomic E-state index is -4.38. The van der Waals surface area contributed by atoms with Crippen LogP contribution in [0.25, 0.3) is 5.57 Å². The second-order valence-electron chi connectivity index (χ2n) is 8.62. The molecule has 0 fully saturated rings.